The Bertz CT molecular complexity index is 252. The number of rotatable bonds is 1. The van der Waals surface area contributed by atoms with Crippen molar-refractivity contribution >= 4 is 5.97 Å². The Morgan fingerprint density at radius 1 is 1.20 bits per heavy atom. The van der Waals surface area contributed by atoms with Gasteiger partial charge in [-0.15, -0.1) is 0 Å². The maximum absolute atomic E-state index is 11.9. The Morgan fingerprint density at radius 2 is 1.80 bits per heavy atom. The summed E-state index contributed by atoms with van der Waals surface area (Å²) in [6.07, 6.45) is 0. The molecule has 86 valence electrons. The zero-order chi connectivity index (χ0) is 11.1. The van der Waals surface area contributed by atoms with Crippen LogP contribution in [0.3, 0.4) is 0 Å². The van der Waals surface area contributed by atoms with Crippen molar-refractivity contribution in [3.8, 4) is 0 Å². The molecular weight excluding hydrogens is 192 g/mol. The van der Waals surface area contributed by atoms with Gasteiger partial charge in [-0.2, -0.15) is 0 Å². The molecule has 4 heteroatoms. The molecule has 15 heavy (non-hydrogen) atoms. The lowest BCUT2D eigenvalue weighted by Crippen LogP contribution is -2.64. The van der Waals surface area contributed by atoms with Gasteiger partial charge in [0.1, 0.15) is 11.6 Å². The van der Waals surface area contributed by atoms with E-state index in [4.69, 9.17) is 4.74 Å². The predicted molar refractivity (Wildman–Crippen MR) is 57.6 cm³/mol. The summed E-state index contributed by atoms with van der Waals surface area (Å²) in [5, 5.41) is 0. The van der Waals surface area contributed by atoms with Crippen molar-refractivity contribution in [2.75, 3.05) is 32.7 Å². The lowest BCUT2D eigenvalue weighted by atomic mass is 10.1. The van der Waals surface area contributed by atoms with Gasteiger partial charge in [-0.1, -0.05) is 0 Å². The highest BCUT2D eigenvalue weighted by Crippen LogP contribution is 2.19. The fourth-order valence-corrected chi connectivity index (χ4v) is 2.21. The van der Waals surface area contributed by atoms with E-state index in [9.17, 15) is 4.79 Å². The highest BCUT2D eigenvalue weighted by molar-refractivity contribution is 5.76. The maximum atomic E-state index is 11.9. The molecule has 1 unspecified atom stereocenters. The van der Waals surface area contributed by atoms with E-state index >= 15 is 0 Å². The fraction of sp³-hybridized carbons (Fsp3) is 0.909. The molecule has 0 aromatic heterocycles. The van der Waals surface area contributed by atoms with Gasteiger partial charge >= 0.3 is 5.97 Å². The number of hydrogen-bond acceptors (Lipinski definition) is 4. The SMILES string of the molecule is CC(C)(C)OC(=O)C1CN2CCN1CC2. The molecule has 3 aliphatic rings. The molecule has 0 spiro atoms. The Morgan fingerprint density at radius 3 is 2.20 bits per heavy atom. The lowest BCUT2D eigenvalue weighted by Gasteiger charge is -2.46. The Hall–Kier alpha value is -0.610. The first-order chi connectivity index (χ1) is 6.96. The fourth-order valence-electron chi connectivity index (χ4n) is 2.21. The quantitative estimate of drug-likeness (QED) is 0.586. The van der Waals surface area contributed by atoms with E-state index in [0.717, 1.165) is 32.7 Å². The monoisotopic (exact) mass is 212 g/mol. The van der Waals surface area contributed by atoms with E-state index in [-0.39, 0.29) is 17.6 Å². The lowest BCUT2D eigenvalue weighted by molar-refractivity contribution is -0.166. The van der Waals surface area contributed by atoms with Gasteiger partial charge in [0.2, 0.25) is 0 Å². The first kappa shape index (κ1) is 10.9. The van der Waals surface area contributed by atoms with E-state index in [1.807, 2.05) is 20.8 Å². The molecule has 0 aromatic carbocycles. The zero-order valence-corrected chi connectivity index (χ0v) is 9.82. The summed E-state index contributed by atoms with van der Waals surface area (Å²) < 4.78 is 5.42. The highest BCUT2D eigenvalue weighted by Gasteiger charge is 2.38. The van der Waals surface area contributed by atoms with Crippen LogP contribution in [-0.4, -0.2) is 60.1 Å². The molecule has 0 saturated carbocycles. The molecule has 3 aliphatic heterocycles. The molecule has 3 rings (SSSR count). The Kier molecular flexibility index (Phi) is 2.73. The van der Waals surface area contributed by atoms with Crippen LogP contribution in [-0.2, 0) is 9.53 Å². The summed E-state index contributed by atoms with van der Waals surface area (Å²) in [4.78, 5) is 16.5. The molecule has 2 bridgehead atoms. The first-order valence-corrected chi connectivity index (χ1v) is 5.65. The number of carbonyl (C=O) groups is 1. The van der Waals surface area contributed by atoms with E-state index in [1.54, 1.807) is 0 Å². The molecular formula is C11H20N2O2. The minimum absolute atomic E-state index is 0.0354. The van der Waals surface area contributed by atoms with E-state index in [0.29, 0.717) is 0 Å². The van der Waals surface area contributed by atoms with Crippen LogP contribution in [0.15, 0.2) is 0 Å². The number of fused-ring (bicyclic) bond motifs is 3. The second-order valence-corrected chi connectivity index (χ2v) is 5.39. The van der Waals surface area contributed by atoms with Crippen molar-refractivity contribution in [3.05, 3.63) is 0 Å². The Labute approximate surface area is 91.2 Å². The average Bonchev–Trinajstić information content (AvgIpc) is 2.17. The van der Waals surface area contributed by atoms with Crippen LogP contribution in [0, 0.1) is 0 Å². The van der Waals surface area contributed by atoms with Crippen molar-refractivity contribution in [1.29, 1.82) is 0 Å². The van der Waals surface area contributed by atoms with Gasteiger partial charge in [0.05, 0.1) is 0 Å². The largest absolute Gasteiger partial charge is 0.459 e. The number of ether oxygens (including phenoxy) is 1. The van der Waals surface area contributed by atoms with Crippen LogP contribution in [0.1, 0.15) is 20.8 Å². The Balaban J connectivity index is 1.96. The minimum atomic E-state index is -0.371. The number of esters is 1. The molecule has 3 heterocycles. The molecule has 3 saturated heterocycles. The summed E-state index contributed by atoms with van der Waals surface area (Å²) in [5.74, 6) is -0.0631. The molecule has 0 amide bonds. The second kappa shape index (κ2) is 3.76. The van der Waals surface area contributed by atoms with Crippen LogP contribution in [0.4, 0.5) is 0 Å². The van der Waals surface area contributed by atoms with Gasteiger partial charge in [0, 0.05) is 32.7 Å². The van der Waals surface area contributed by atoms with Crippen LogP contribution >= 0.6 is 0 Å². The summed E-state index contributed by atoms with van der Waals surface area (Å²) in [7, 11) is 0. The highest BCUT2D eigenvalue weighted by atomic mass is 16.6. The topological polar surface area (TPSA) is 32.8 Å². The average molecular weight is 212 g/mol. The smallest absolute Gasteiger partial charge is 0.325 e. The van der Waals surface area contributed by atoms with Crippen molar-refractivity contribution < 1.29 is 9.53 Å². The van der Waals surface area contributed by atoms with Crippen LogP contribution < -0.4 is 0 Å². The van der Waals surface area contributed by atoms with Crippen molar-refractivity contribution in [2.24, 2.45) is 0 Å². The van der Waals surface area contributed by atoms with E-state index < -0.39 is 0 Å². The van der Waals surface area contributed by atoms with Gasteiger partial charge in [0.15, 0.2) is 0 Å². The van der Waals surface area contributed by atoms with Crippen LogP contribution in [0.5, 0.6) is 0 Å². The van der Waals surface area contributed by atoms with Crippen LogP contribution in [0.25, 0.3) is 0 Å². The van der Waals surface area contributed by atoms with Gasteiger partial charge < -0.3 is 4.74 Å². The molecule has 0 N–H and O–H groups in total. The third kappa shape index (κ3) is 2.49. The summed E-state index contributed by atoms with van der Waals surface area (Å²) in [6, 6.07) is -0.0354. The van der Waals surface area contributed by atoms with Gasteiger partial charge in [-0.3, -0.25) is 14.6 Å². The minimum Gasteiger partial charge on any atom is -0.459 e. The van der Waals surface area contributed by atoms with Crippen LogP contribution in [0.2, 0.25) is 0 Å². The third-order valence-electron chi connectivity index (χ3n) is 2.96. The van der Waals surface area contributed by atoms with E-state index in [1.165, 1.54) is 0 Å². The normalized spacial score (nSPS) is 35.3. The van der Waals surface area contributed by atoms with E-state index in [2.05, 4.69) is 9.80 Å². The number of hydrogen-bond donors (Lipinski definition) is 0. The first-order valence-electron chi connectivity index (χ1n) is 5.65. The van der Waals surface area contributed by atoms with Crippen molar-refractivity contribution in [2.45, 2.75) is 32.4 Å². The molecule has 0 aromatic rings. The third-order valence-corrected chi connectivity index (χ3v) is 2.96. The van der Waals surface area contributed by atoms with Crippen molar-refractivity contribution in [3.63, 3.8) is 0 Å². The van der Waals surface area contributed by atoms with Gasteiger partial charge in [-0.25, -0.2) is 0 Å². The number of nitrogens with zero attached hydrogens (tertiary/aromatic N) is 2. The van der Waals surface area contributed by atoms with Gasteiger partial charge in [-0.05, 0) is 20.8 Å². The molecule has 0 radical (unpaired) electrons. The summed E-state index contributed by atoms with van der Waals surface area (Å²) >= 11 is 0. The summed E-state index contributed by atoms with van der Waals surface area (Å²) in [5.41, 5.74) is -0.371. The number of piperazine rings is 3. The standard InChI is InChI=1S/C11H20N2O2/c1-11(2,3)15-10(14)9-8-12-4-6-13(9)7-5-12/h9H,4-8H2,1-3H3. The number of carbonyl (C=O) groups excluding carboxylic acids is 1. The molecule has 3 fully saturated rings. The van der Waals surface area contributed by atoms with Gasteiger partial charge in [0.25, 0.3) is 0 Å². The second-order valence-electron chi connectivity index (χ2n) is 5.39. The molecule has 1 atom stereocenters. The summed E-state index contributed by atoms with van der Waals surface area (Å²) in [6.45, 7) is 10.8. The van der Waals surface area contributed by atoms with Crippen molar-refractivity contribution in [1.82, 2.24) is 9.80 Å². The predicted octanol–water partition coefficient (Wildman–Crippen LogP) is 0.328. The maximum Gasteiger partial charge on any atom is 0.325 e. The molecule has 4 nitrogen and oxygen atoms in total. The molecule has 0 aliphatic carbocycles. The zero-order valence-electron chi connectivity index (χ0n) is 9.82.